The van der Waals surface area contributed by atoms with Gasteiger partial charge in [-0.1, -0.05) is 43.5 Å². The predicted molar refractivity (Wildman–Crippen MR) is 87.3 cm³/mol. The zero-order valence-electron chi connectivity index (χ0n) is 12.3. The maximum absolute atomic E-state index is 9.27. The third-order valence-corrected chi connectivity index (χ3v) is 3.88. The highest BCUT2D eigenvalue weighted by Gasteiger charge is 2.13. The molecule has 0 aliphatic rings. The van der Waals surface area contributed by atoms with Crippen molar-refractivity contribution in [2.45, 2.75) is 39.2 Å². The van der Waals surface area contributed by atoms with Crippen LogP contribution in [0, 0.1) is 11.3 Å². The minimum absolute atomic E-state index is 0.646. The van der Waals surface area contributed by atoms with Crippen molar-refractivity contribution in [2.75, 3.05) is 5.73 Å². The molecule has 0 bridgehead atoms. The summed E-state index contributed by atoms with van der Waals surface area (Å²) in [6.45, 7) is 3.01. The van der Waals surface area contributed by atoms with E-state index in [1.165, 1.54) is 0 Å². The summed E-state index contributed by atoms with van der Waals surface area (Å²) < 4.78 is 2.06. The molecular formula is C17H20ClN3. The van der Waals surface area contributed by atoms with Crippen LogP contribution in [0.3, 0.4) is 0 Å². The van der Waals surface area contributed by atoms with Crippen LogP contribution in [0.15, 0.2) is 30.3 Å². The fourth-order valence-electron chi connectivity index (χ4n) is 2.47. The molecule has 3 nitrogen and oxygen atoms in total. The summed E-state index contributed by atoms with van der Waals surface area (Å²) in [5, 5.41) is 10.00. The average Bonchev–Trinajstić information content (AvgIpc) is 2.78. The van der Waals surface area contributed by atoms with Gasteiger partial charge in [-0.2, -0.15) is 5.26 Å². The fraction of sp³-hybridized carbons (Fsp3) is 0.353. The summed E-state index contributed by atoms with van der Waals surface area (Å²) in [6, 6.07) is 11.8. The second-order valence-corrected chi connectivity index (χ2v) is 5.64. The van der Waals surface area contributed by atoms with Crippen molar-refractivity contribution in [1.82, 2.24) is 4.57 Å². The summed E-state index contributed by atoms with van der Waals surface area (Å²) in [5.74, 6) is 0. The van der Waals surface area contributed by atoms with Crippen LogP contribution in [-0.4, -0.2) is 4.57 Å². The molecule has 2 aromatic rings. The first-order valence-corrected chi connectivity index (χ1v) is 7.66. The zero-order valence-corrected chi connectivity index (χ0v) is 13.0. The van der Waals surface area contributed by atoms with E-state index in [9.17, 15) is 5.26 Å². The number of halogens is 1. The minimum atomic E-state index is 0.646. The molecule has 2 N–H and O–H groups in total. The molecule has 0 saturated carbocycles. The highest BCUT2D eigenvalue weighted by atomic mass is 35.5. The Hall–Kier alpha value is -1.92. The summed E-state index contributed by atoms with van der Waals surface area (Å²) in [4.78, 5) is 0. The van der Waals surface area contributed by atoms with Crippen LogP contribution in [0.1, 0.15) is 43.1 Å². The van der Waals surface area contributed by atoms with E-state index in [1.54, 1.807) is 6.07 Å². The number of nitrogens with zero attached hydrogens (tertiary/aromatic N) is 2. The van der Waals surface area contributed by atoms with Gasteiger partial charge in [-0.15, -0.1) is 0 Å². The Morgan fingerprint density at radius 1 is 1.24 bits per heavy atom. The molecule has 1 heterocycles. The molecule has 0 fully saturated rings. The molecule has 0 aliphatic heterocycles. The summed E-state index contributed by atoms with van der Waals surface area (Å²) in [5.41, 5.74) is 9.60. The number of hydrogen-bond donors (Lipinski definition) is 1. The quantitative estimate of drug-likeness (QED) is 0.805. The summed E-state index contributed by atoms with van der Waals surface area (Å²) in [6.07, 6.45) is 4.10. The van der Waals surface area contributed by atoms with Gasteiger partial charge in [0, 0.05) is 23.7 Å². The molecule has 0 saturated heterocycles. The smallest absolute Gasteiger partial charge is 0.122 e. The second-order valence-electron chi connectivity index (χ2n) is 5.21. The largest absolute Gasteiger partial charge is 0.397 e. The highest BCUT2D eigenvalue weighted by Crippen LogP contribution is 2.23. The molecule has 110 valence electrons. The third kappa shape index (κ3) is 3.80. The number of nitrogen functional groups attached to an aromatic ring is 1. The summed E-state index contributed by atoms with van der Waals surface area (Å²) in [7, 11) is 0. The monoisotopic (exact) mass is 301 g/mol. The van der Waals surface area contributed by atoms with Gasteiger partial charge in [-0.3, -0.25) is 0 Å². The van der Waals surface area contributed by atoms with E-state index in [4.69, 9.17) is 17.3 Å². The Bertz CT molecular complexity index is 635. The molecule has 0 spiro atoms. The predicted octanol–water partition coefficient (Wildman–Crippen LogP) is 4.38. The SMILES string of the molecule is CCCCCn1c(C#N)cc(N)c1Cc1ccc(Cl)cc1. The van der Waals surface area contributed by atoms with E-state index in [-0.39, 0.29) is 0 Å². The number of hydrogen-bond acceptors (Lipinski definition) is 2. The van der Waals surface area contributed by atoms with Crippen LogP contribution in [0.5, 0.6) is 0 Å². The second kappa shape index (κ2) is 7.19. The average molecular weight is 302 g/mol. The van der Waals surface area contributed by atoms with Crippen molar-refractivity contribution < 1.29 is 0 Å². The normalized spacial score (nSPS) is 10.5. The van der Waals surface area contributed by atoms with Gasteiger partial charge in [-0.25, -0.2) is 0 Å². The van der Waals surface area contributed by atoms with E-state index < -0.39 is 0 Å². The molecule has 0 atom stereocenters. The Kier molecular flexibility index (Phi) is 5.30. The number of unbranched alkanes of at least 4 members (excludes halogenated alkanes) is 2. The molecule has 2 rings (SSSR count). The van der Waals surface area contributed by atoms with E-state index in [2.05, 4.69) is 17.6 Å². The van der Waals surface area contributed by atoms with Crippen molar-refractivity contribution in [3.05, 3.63) is 52.3 Å². The lowest BCUT2D eigenvalue weighted by atomic mass is 10.1. The molecule has 0 unspecified atom stereocenters. The van der Waals surface area contributed by atoms with Crippen molar-refractivity contribution in [3.63, 3.8) is 0 Å². The zero-order chi connectivity index (χ0) is 15.2. The Morgan fingerprint density at radius 3 is 2.57 bits per heavy atom. The van der Waals surface area contributed by atoms with Gasteiger partial charge in [0.25, 0.3) is 0 Å². The number of anilines is 1. The molecule has 21 heavy (non-hydrogen) atoms. The fourth-order valence-corrected chi connectivity index (χ4v) is 2.60. The van der Waals surface area contributed by atoms with Gasteiger partial charge in [0.05, 0.1) is 5.69 Å². The topological polar surface area (TPSA) is 54.7 Å². The van der Waals surface area contributed by atoms with Crippen LogP contribution in [-0.2, 0) is 13.0 Å². The Morgan fingerprint density at radius 2 is 1.95 bits per heavy atom. The maximum Gasteiger partial charge on any atom is 0.122 e. The van der Waals surface area contributed by atoms with E-state index >= 15 is 0 Å². The van der Waals surface area contributed by atoms with Crippen molar-refractivity contribution >= 4 is 17.3 Å². The van der Waals surface area contributed by atoms with Gasteiger partial charge in [0.15, 0.2) is 0 Å². The molecule has 1 aromatic heterocycles. The van der Waals surface area contributed by atoms with Crippen LogP contribution >= 0.6 is 11.6 Å². The standard InChI is InChI=1S/C17H20ClN3/c1-2-3-4-9-21-15(12-19)11-16(20)17(21)10-13-5-7-14(18)8-6-13/h5-8,11H,2-4,9-10,20H2,1H3. The van der Waals surface area contributed by atoms with Crippen molar-refractivity contribution in [1.29, 1.82) is 5.26 Å². The van der Waals surface area contributed by atoms with Gasteiger partial charge in [-0.05, 0) is 30.2 Å². The maximum atomic E-state index is 9.27. The Labute approximate surface area is 130 Å². The van der Waals surface area contributed by atoms with Crippen LogP contribution in [0.2, 0.25) is 5.02 Å². The van der Waals surface area contributed by atoms with Gasteiger partial charge < -0.3 is 10.3 Å². The number of nitrogens with two attached hydrogens (primary N) is 1. The van der Waals surface area contributed by atoms with Crippen molar-refractivity contribution in [3.8, 4) is 6.07 Å². The van der Waals surface area contributed by atoms with Crippen LogP contribution in [0.25, 0.3) is 0 Å². The molecule has 1 aromatic carbocycles. The molecule has 0 radical (unpaired) electrons. The van der Waals surface area contributed by atoms with E-state index in [0.717, 1.165) is 48.5 Å². The molecule has 0 amide bonds. The lowest BCUT2D eigenvalue weighted by molar-refractivity contribution is 0.586. The first kappa shape index (κ1) is 15.5. The third-order valence-electron chi connectivity index (χ3n) is 3.63. The lowest BCUT2D eigenvalue weighted by Gasteiger charge is -2.11. The minimum Gasteiger partial charge on any atom is -0.397 e. The first-order chi connectivity index (χ1) is 10.2. The first-order valence-electron chi connectivity index (χ1n) is 7.28. The van der Waals surface area contributed by atoms with Gasteiger partial charge in [0.1, 0.15) is 11.8 Å². The number of benzene rings is 1. The van der Waals surface area contributed by atoms with E-state index in [0.29, 0.717) is 11.4 Å². The number of aromatic nitrogens is 1. The summed E-state index contributed by atoms with van der Waals surface area (Å²) >= 11 is 5.92. The van der Waals surface area contributed by atoms with Crippen LogP contribution in [0.4, 0.5) is 5.69 Å². The van der Waals surface area contributed by atoms with Crippen LogP contribution < -0.4 is 5.73 Å². The van der Waals surface area contributed by atoms with Crippen molar-refractivity contribution in [2.24, 2.45) is 0 Å². The lowest BCUT2D eigenvalue weighted by Crippen LogP contribution is -2.07. The number of nitriles is 1. The molecule has 4 heteroatoms. The number of rotatable bonds is 6. The Balaban J connectivity index is 2.26. The van der Waals surface area contributed by atoms with E-state index in [1.807, 2.05) is 24.3 Å². The van der Waals surface area contributed by atoms with Gasteiger partial charge >= 0.3 is 0 Å². The highest BCUT2D eigenvalue weighted by molar-refractivity contribution is 6.30. The molecular weight excluding hydrogens is 282 g/mol. The van der Waals surface area contributed by atoms with Gasteiger partial charge in [0.2, 0.25) is 0 Å². The molecule has 0 aliphatic carbocycles.